The van der Waals surface area contributed by atoms with Gasteiger partial charge in [-0.05, 0) is 25.5 Å². The Labute approximate surface area is 126 Å². The fraction of sp³-hybridized carbons (Fsp3) is 0.125. The zero-order valence-electron chi connectivity index (χ0n) is 11.8. The van der Waals surface area contributed by atoms with Crippen molar-refractivity contribution in [2.45, 2.75) is 13.8 Å². The molecule has 4 N–H and O–H groups in total. The van der Waals surface area contributed by atoms with Crippen molar-refractivity contribution in [1.82, 2.24) is 4.98 Å². The highest BCUT2D eigenvalue weighted by molar-refractivity contribution is 7.21. The van der Waals surface area contributed by atoms with Gasteiger partial charge in [0.2, 0.25) is 0 Å². The number of anilines is 1. The van der Waals surface area contributed by atoms with Crippen LogP contribution in [-0.2, 0) is 0 Å². The molecule has 4 nitrogen and oxygen atoms in total. The van der Waals surface area contributed by atoms with Crippen LogP contribution in [0.2, 0.25) is 0 Å². The Morgan fingerprint density at radius 1 is 1.19 bits per heavy atom. The molecule has 0 aliphatic rings. The lowest BCUT2D eigenvalue weighted by Gasteiger charge is -2.05. The first-order valence-corrected chi connectivity index (χ1v) is 7.35. The lowest BCUT2D eigenvalue weighted by molar-refractivity contribution is 0.100. The second-order valence-corrected chi connectivity index (χ2v) is 6.08. The van der Waals surface area contributed by atoms with E-state index >= 15 is 0 Å². The fourth-order valence-electron chi connectivity index (χ4n) is 2.37. The van der Waals surface area contributed by atoms with Crippen LogP contribution >= 0.6 is 11.3 Å². The van der Waals surface area contributed by atoms with Crippen molar-refractivity contribution in [1.29, 1.82) is 0 Å². The van der Waals surface area contributed by atoms with Gasteiger partial charge in [0.25, 0.3) is 5.91 Å². The number of aryl methyl sites for hydroxylation is 2. The molecular weight excluding hydrogens is 282 g/mol. The SMILES string of the molecule is Cc1ccc(-c2cc(C)c3c(N)c(C(N)=O)sc3n2)cc1. The normalized spacial score (nSPS) is 11.0. The number of benzene rings is 1. The van der Waals surface area contributed by atoms with Gasteiger partial charge in [-0.25, -0.2) is 4.98 Å². The Kier molecular flexibility index (Phi) is 3.14. The van der Waals surface area contributed by atoms with Gasteiger partial charge in [-0.15, -0.1) is 11.3 Å². The summed E-state index contributed by atoms with van der Waals surface area (Å²) < 4.78 is 0. The summed E-state index contributed by atoms with van der Waals surface area (Å²) in [5, 5.41) is 0.824. The standard InChI is InChI=1S/C16H15N3OS/c1-8-3-5-10(6-4-8)11-7-9(2)12-13(17)14(15(18)20)21-16(12)19-11/h3-7H,17H2,1-2H3,(H2,18,20). The first kappa shape index (κ1) is 13.6. The summed E-state index contributed by atoms with van der Waals surface area (Å²) in [6.45, 7) is 4.01. The average Bonchev–Trinajstić information content (AvgIpc) is 2.77. The number of nitrogens with zero attached hydrogens (tertiary/aromatic N) is 1. The molecule has 21 heavy (non-hydrogen) atoms. The zero-order valence-corrected chi connectivity index (χ0v) is 12.6. The Bertz CT molecular complexity index is 850. The highest BCUT2D eigenvalue weighted by Gasteiger charge is 2.17. The quantitative estimate of drug-likeness (QED) is 0.761. The lowest BCUT2D eigenvalue weighted by Crippen LogP contribution is -2.10. The van der Waals surface area contributed by atoms with Gasteiger partial charge in [0.15, 0.2) is 0 Å². The maximum absolute atomic E-state index is 11.4. The Hall–Kier alpha value is -2.40. The first-order chi connectivity index (χ1) is 9.97. The summed E-state index contributed by atoms with van der Waals surface area (Å²) in [7, 11) is 0. The number of carbonyl (C=O) groups is 1. The van der Waals surface area contributed by atoms with E-state index < -0.39 is 5.91 Å². The van der Waals surface area contributed by atoms with Crippen molar-refractivity contribution < 1.29 is 4.79 Å². The molecule has 3 aromatic rings. The van der Waals surface area contributed by atoms with Crippen LogP contribution in [0.1, 0.15) is 20.8 Å². The van der Waals surface area contributed by atoms with Gasteiger partial charge >= 0.3 is 0 Å². The van der Waals surface area contributed by atoms with E-state index in [2.05, 4.69) is 4.98 Å². The summed E-state index contributed by atoms with van der Waals surface area (Å²) in [6, 6.07) is 10.2. The zero-order chi connectivity index (χ0) is 15.1. The molecule has 0 spiro atoms. The molecular formula is C16H15N3OS. The monoisotopic (exact) mass is 297 g/mol. The van der Waals surface area contributed by atoms with E-state index in [0.29, 0.717) is 10.6 Å². The smallest absolute Gasteiger partial charge is 0.260 e. The van der Waals surface area contributed by atoms with Crippen molar-refractivity contribution in [3.63, 3.8) is 0 Å². The molecule has 0 aliphatic heterocycles. The number of amides is 1. The molecule has 106 valence electrons. The van der Waals surface area contributed by atoms with Gasteiger partial charge in [-0.2, -0.15) is 0 Å². The lowest BCUT2D eigenvalue weighted by atomic mass is 10.1. The third-order valence-corrected chi connectivity index (χ3v) is 4.58. The van der Waals surface area contributed by atoms with E-state index in [-0.39, 0.29) is 0 Å². The minimum Gasteiger partial charge on any atom is -0.397 e. The van der Waals surface area contributed by atoms with Crippen LogP contribution < -0.4 is 11.5 Å². The first-order valence-electron chi connectivity index (χ1n) is 6.54. The Morgan fingerprint density at radius 3 is 2.48 bits per heavy atom. The van der Waals surface area contributed by atoms with Gasteiger partial charge in [-0.1, -0.05) is 29.8 Å². The number of carbonyl (C=O) groups excluding carboxylic acids is 1. The molecule has 0 fully saturated rings. The van der Waals surface area contributed by atoms with Crippen LogP contribution in [0, 0.1) is 13.8 Å². The average molecular weight is 297 g/mol. The van der Waals surface area contributed by atoms with E-state index in [1.165, 1.54) is 16.9 Å². The van der Waals surface area contributed by atoms with E-state index in [1.807, 2.05) is 44.2 Å². The van der Waals surface area contributed by atoms with Crippen LogP contribution in [-0.4, -0.2) is 10.9 Å². The molecule has 1 aromatic carbocycles. The molecule has 0 bridgehead atoms. The van der Waals surface area contributed by atoms with Crippen molar-refractivity contribution in [2.75, 3.05) is 5.73 Å². The maximum Gasteiger partial charge on any atom is 0.260 e. The molecule has 0 saturated carbocycles. The molecule has 0 aliphatic carbocycles. The van der Waals surface area contributed by atoms with Crippen LogP contribution in [0.15, 0.2) is 30.3 Å². The van der Waals surface area contributed by atoms with Crippen molar-refractivity contribution in [3.8, 4) is 11.3 Å². The number of fused-ring (bicyclic) bond motifs is 1. The number of nitrogens with two attached hydrogens (primary N) is 2. The van der Waals surface area contributed by atoms with Crippen molar-refractivity contribution in [2.24, 2.45) is 5.73 Å². The topological polar surface area (TPSA) is 82.0 Å². The van der Waals surface area contributed by atoms with E-state index in [1.54, 1.807) is 0 Å². The highest BCUT2D eigenvalue weighted by Crippen LogP contribution is 2.36. The molecule has 5 heteroatoms. The molecule has 2 heterocycles. The van der Waals surface area contributed by atoms with E-state index in [0.717, 1.165) is 27.0 Å². The largest absolute Gasteiger partial charge is 0.397 e. The van der Waals surface area contributed by atoms with Gasteiger partial charge in [0.05, 0.1) is 11.4 Å². The number of primary amides is 1. The number of nitrogen functional groups attached to an aromatic ring is 1. The number of thiophene rings is 1. The molecule has 3 rings (SSSR count). The van der Waals surface area contributed by atoms with Crippen LogP contribution in [0.5, 0.6) is 0 Å². The second-order valence-electron chi connectivity index (χ2n) is 5.08. The fourth-order valence-corrected chi connectivity index (χ4v) is 3.39. The molecule has 0 unspecified atom stereocenters. The van der Waals surface area contributed by atoms with E-state index in [9.17, 15) is 4.79 Å². The molecule has 0 radical (unpaired) electrons. The predicted molar refractivity (Wildman–Crippen MR) is 87.5 cm³/mol. The van der Waals surface area contributed by atoms with E-state index in [4.69, 9.17) is 11.5 Å². The molecule has 0 saturated heterocycles. The summed E-state index contributed by atoms with van der Waals surface area (Å²) in [5.41, 5.74) is 15.9. The molecule has 2 aromatic heterocycles. The van der Waals surface area contributed by atoms with Crippen LogP contribution in [0.25, 0.3) is 21.5 Å². The van der Waals surface area contributed by atoms with Crippen molar-refractivity contribution >= 4 is 33.1 Å². The van der Waals surface area contributed by atoms with Crippen molar-refractivity contribution in [3.05, 3.63) is 46.3 Å². The van der Waals surface area contributed by atoms with Gasteiger partial charge in [0, 0.05) is 10.9 Å². The number of hydrogen-bond acceptors (Lipinski definition) is 4. The minimum absolute atomic E-state index is 0.377. The van der Waals surface area contributed by atoms with Gasteiger partial charge in [-0.3, -0.25) is 4.79 Å². The van der Waals surface area contributed by atoms with Gasteiger partial charge in [0.1, 0.15) is 9.71 Å². The van der Waals surface area contributed by atoms with Gasteiger partial charge < -0.3 is 11.5 Å². The Morgan fingerprint density at radius 2 is 1.86 bits per heavy atom. The third kappa shape index (κ3) is 2.25. The second kappa shape index (κ2) is 4.86. The van der Waals surface area contributed by atoms with Crippen LogP contribution in [0.3, 0.4) is 0 Å². The summed E-state index contributed by atoms with van der Waals surface area (Å²) in [6.07, 6.45) is 0. The summed E-state index contributed by atoms with van der Waals surface area (Å²) >= 11 is 1.25. The summed E-state index contributed by atoms with van der Waals surface area (Å²) in [5.74, 6) is -0.508. The molecule has 1 amide bonds. The van der Waals surface area contributed by atoms with Crippen LogP contribution in [0.4, 0.5) is 5.69 Å². The maximum atomic E-state index is 11.4. The highest BCUT2D eigenvalue weighted by atomic mass is 32.1. The number of pyridine rings is 1. The Balaban J connectivity index is 2.23. The number of hydrogen-bond donors (Lipinski definition) is 2. The molecule has 0 atom stereocenters. The predicted octanol–water partition coefficient (Wildman–Crippen LogP) is 3.26. The number of aromatic nitrogens is 1. The summed E-state index contributed by atoms with van der Waals surface area (Å²) in [4.78, 5) is 17.2. The third-order valence-electron chi connectivity index (χ3n) is 3.47. The number of rotatable bonds is 2. The minimum atomic E-state index is -0.508.